The van der Waals surface area contributed by atoms with Gasteiger partial charge < -0.3 is 15.5 Å². The minimum atomic E-state index is -0.889. The van der Waals surface area contributed by atoms with E-state index in [2.05, 4.69) is 104 Å². The topological polar surface area (TPSA) is 69.6 Å². The molecular formula is C62H109NO3. The zero-order valence-corrected chi connectivity index (χ0v) is 43.7. The molecule has 0 aliphatic carbocycles. The van der Waals surface area contributed by atoms with Crippen LogP contribution in [0.1, 0.15) is 271 Å². The molecule has 0 bridgehead atoms. The first-order chi connectivity index (χ1) is 32.7. The zero-order chi connectivity index (χ0) is 47.7. The first kappa shape index (κ1) is 63.3. The molecule has 66 heavy (non-hydrogen) atoms. The molecule has 2 unspecified atom stereocenters. The Bertz CT molecular complexity index is 1220. The summed E-state index contributed by atoms with van der Waals surface area (Å²) in [5, 5.41) is 23.1. The van der Waals surface area contributed by atoms with Crippen molar-refractivity contribution in [3.63, 3.8) is 0 Å². The standard InChI is InChI=1S/C62H109NO3/c1-3-5-7-9-11-13-15-17-19-21-23-25-26-27-28-29-30-31-32-33-34-35-36-38-39-41-43-45-47-49-51-53-55-57-61(65)60(59-64)63-62(66)58-56-54-52-50-48-46-44-42-40-37-24-22-20-18-16-14-12-10-8-6-4-2/h6,8,12,14,18,20,24,37,42,44,47-50,55,57,60-61,64-65H,3-5,7,9-11,13,15-17,19,21-23,25-36,38-41,43,45-46,51-54,56,58-59H2,1-2H3,(H,63,66)/b8-6-,14-12-,20-18-,37-24-,44-42-,49-47+,50-48-,57-55+. The van der Waals surface area contributed by atoms with E-state index in [0.29, 0.717) is 6.42 Å². The lowest BCUT2D eigenvalue weighted by Gasteiger charge is -2.19. The summed E-state index contributed by atoms with van der Waals surface area (Å²) in [6.45, 7) is 4.18. The number of hydrogen-bond acceptors (Lipinski definition) is 3. The molecule has 0 aromatic carbocycles. The fourth-order valence-electron chi connectivity index (χ4n) is 8.26. The summed E-state index contributed by atoms with van der Waals surface area (Å²) in [5.74, 6) is -0.117. The molecule has 3 N–H and O–H groups in total. The Balaban J connectivity index is 3.59. The second kappa shape index (κ2) is 56.6. The van der Waals surface area contributed by atoms with Crippen LogP contribution in [0.3, 0.4) is 0 Å². The van der Waals surface area contributed by atoms with Crippen LogP contribution in [-0.2, 0) is 4.79 Å². The summed E-state index contributed by atoms with van der Waals surface area (Å²) in [6, 6.07) is -0.670. The van der Waals surface area contributed by atoms with E-state index < -0.39 is 12.1 Å². The second-order valence-electron chi connectivity index (χ2n) is 19.0. The van der Waals surface area contributed by atoms with Gasteiger partial charge in [-0.3, -0.25) is 4.79 Å². The Morgan fingerprint density at radius 3 is 1.06 bits per heavy atom. The van der Waals surface area contributed by atoms with Gasteiger partial charge in [-0.1, -0.05) is 278 Å². The third-order valence-corrected chi connectivity index (χ3v) is 12.6. The zero-order valence-electron chi connectivity index (χ0n) is 43.7. The number of nitrogens with one attached hydrogen (secondary N) is 1. The van der Waals surface area contributed by atoms with Crippen LogP contribution < -0.4 is 5.32 Å². The molecule has 0 aromatic heterocycles. The van der Waals surface area contributed by atoms with E-state index in [-0.39, 0.29) is 12.5 Å². The van der Waals surface area contributed by atoms with Gasteiger partial charge >= 0.3 is 0 Å². The van der Waals surface area contributed by atoms with Gasteiger partial charge in [-0.05, 0) is 83.5 Å². The first-order valence-corrected chi connectivity index (χ1v) is 28.5. The van der Waals surface area contributed by atoms with Gasteiger partial charge in [0.2, 0.25) is 5.91 Å². The summed E-state index contributed by atoms with van der Waals surface area (Å²) >= 11 is 0. The SMILES string of the molecule is CC/C=C\C/C=C\C/C=C\C/C=C\C/C=C\C/C=C\CCCCC(=O)NC(CO)C(O)/C=C/CC/C=C/CCCCCCCCCCCCCCCCCCCCCCCCCCCCC. The number of carbonyl (C=O) groups excluding carboxylic acids is 1. The van der Waals surface area contributed by atoms with E-state index in [1.54, 1.807) is 6.08 Å². The molecular weight excluding hydrogens is 807 g/mol. The fraction of sp³-hybridized carbons (Fsp3) is 0.726. The van der Waals surface area contributed by atoms with Crippen LogP contribution in [0.4, 0.5) is 0 Å². The van der Waals surface area contributed by atoms with Gasteiger partial charge in [0.25, 0.3) is 0 Å². The second-order valence-corrected chi connectivity index (χ2v) is 19.0. The molecule has 0 heterocycles. The number of aliphatic hydroxyl groups excluding tert-OH is 2. The summed E-state index contributed by atoms with van der Waals surface area (Å²) in [7, 11) is 0. The third kappa shape index (κ3) is 52.3. The Morgan fingerprint density at radius 2 is 0.682 bits per heavy atom. The van der Waals surface area contributed by atoms with E-state index in [1.165, 1.54) is 173 Å². The lowest BCUT2D eigenvalue weighted by Crippen LogP contribution is -2.45. The van der Waals surface area contributed by atoms with Gasteiger partial charge in [-0.2, -0.15) is 0 Å². The van der Waals surface area contributed by atoms with E-state index in [0.717, 1.165) is 77.0 Å². The van der Waals surface area contributed by atoms with E-state index in [1.807, 2.05) is 6.08 Å². The van der Waals surface area contributed by atoms with Crippen molar-refractivity contribution in [3.05, 3.63) is 97.2 Å². The van der Waals surface area contributed by atoms with Crippen LogP contribution in [0, 0.1) is 0 Å². The molecule has 0 aliphatic rings. The number of amides is 1. The van der Waals surface area contributed by atoms with E-state index >= 15 is 0 Å². The number of unbranched alkanes of at least 4 members (excludes halogenated alkanes) is 30. The minimum Gasteiger partial charge on any atom is -0.394 e. The molecule has 0 saturated carbocycles. The van der Waals surface area contributed by atoms with Crippen LogP contribution in [0.15, 0.2) is 97.2 Å². The lowest BCUT2D eigenvalue weighted by molar-refractivity contribution is -0.123. The quantitative estimate of drug-likeness (QED) is 0.0421. The van der Waals surface area contributed by atoms with Crippen molar-refractivity contribution < 1.29 is 15.0 Å². The summed E-state index contributed by atoms with van der Waals surface area (Å²) in [4.78, 5) is 12.4. The van der Waals surface area contributed by atoms with Crippen molar-refractivity contribution in [3.8, 4) is 0 Å². The Labute approximate surface area is 411 Å². The van der Waals surface area contributed by atoms with Crippen molar-refractivity contribution in [2.24, 2.45) is 0 Å². The maximum Gasteiger partial charge on any atom is 0.220 e. The van der Waals surface area contributed by atoms with Gasteiger partial charge in [0.15, 0.2) is 0 Å². The maximum absolute atomic E-state index is 12.4. The molecule has 0 aliphatic heterocycles. The average Bonchev–Trinajstić information content (AvgIpc) is 3.32. The predicted octanol–water partition coefficient (Wildman–Crippen LogP) is 18.9. The van der Waals surface area contributed by atoms with Gasteiger partial charge in [0.05, 0.1) is 18.8 Å². The summed E-state index contributed by atoms with van der Waals surface area (Å²) < 4.78 is 0. The number of allylic oxidation sites excluding steroid dienone is 15. The first-order valence-electron chi connectivity index (χ1n) is 28.5. The van der Waals surface area contributed by atoms with Gasteiger partial charge in [-0.15, -0.1) is 0 Å². The molecule has 0 fully saturated rings. The minimum absolute atomic E-state index is 0.117. The highest BCUT2D eigenvalue weighted by Gasteiger charge is 2.17. The molecule has 4 nitrogen and oxygen atoms in total. The smallest absolute Gasteiger partial charge is 0.220 e. The van der Waals surface area contributed by atoms with Crippen LogP contribution in [0.25, 0.3) is 0 Å². The predicted molar refractivity (Wildman–Crippen MR) is 294 cm³/mol. The van der Waals surface area contributed by atoms with Gasteiger partial charge in [0, 0.05) is 6.42 Å². The van der Waals surface area contributed by atoms with Crippen molar-refractivity contribution in [1.82, 2.24) is 5.32 Å². The highest BCUT2D eigenvalue weighted by atomic mass is 16.3. The number of aliphatic hydroxyl groups is 2. The van der Waals surface area contributed by atoms with Crippen molar-refractivity contribution >= 4 is 5.91 Å². The molecule has 4 heteroatoms. The number of hydrogen-bond donors (Lipinski definition) is 3. The number of carbonyl (C=O) groups is 1. The lowest BCUT2D eigenvalue weighted by atomic mass is 10.0. The molecule has 0 rings (SSSR count). The Kier molecular flexibility index (Phi) is 54.3. The van der Waals surface area contributed by atoms with Crippen molar-refractivity contribution in [2.45, 2.75) is 283 Å². The highest BCUT2D eigenvalue weighted by Crippen LogP contribution is 2.17. The Morgan fingerprint density at radius 1 is 0.379 bits per heavy atom. The third-order valence-electron chi connectivity index (χ3n) is 12.6. The molecule has 380 valence electrons. The Hall–Kier alpha value is -2.69. The van der Waals surface area contributed by atoms with Crippen LogP contribution in [0.2, 0.25) is 0 Å². The summed E-state index contributed by atoms with van der Waals surface area (Å²) in [5.41, 5.74) is 0. The average molecular weight is 917 g/mol. The molecule has 1 amide bonds. The molecule has 2 atom stereocenters. The van der Waals surface area contributed by atoms with Crippen LogP contribution in [0.5, 0.6) is 0 Å². The van der Waals surface area contributed by atoms with Crippen molar-refractivity contribution in [1.29, 1.82) is 0 Å². The normalized spacial score (nSPS) is 13.6. The van der Waals surface area contributed by atoms with Crippen LogP contribution >= 0.6 is 0 Å². The van der Waals surface area contributed by atoms with E-state index in [4.69, 9.17) is 0 Å². The van der Waals surface area contributed by atoms with E-state index in [9.17, 15) is 15.0 Å². The fourth-order valence-corrected chi connectivity index (χ4v) is 8.26. The van der Waals surface area contributed by atoms with Gasteiger partial charge in [0.1, 0.15) is 0 Å². The molecule has 0 aromatic rings. The molecule has 0 saturated heterocycles. The van der Waals surface area contributed by atoms with Gasteiger partial charge in [-0.25, -0.2) is 0 Å². The monoisotopic (exact) mass is 916 g/mol. The highest BCUT2D eigenvalue weighted by molar-refractivity contribution is 5.76. The molecule has 0 spiro atoms. The molecule has 0 radical (unpaired) electrons. The maximum atomic E-state index is 12.4. The largest absolute Gasteiger partial charge is 0.394 e. The van der Waals surface area contributed by atoms with Crippen molar-refractivity contribution in [2.75, 3.05) is 6.61 Å². The number of rotatable bonds is 51. The summed E-state index contributed by atoms with van der Waals surface area (Å²) in [6.07, 6.45) is 84.4. The van der Waals surface area contributed by atoms with Crippen LogP contribution in [-0.4, -0.2) is 34.9 Å².